The molecule has 0 atom stereocenters. The fraction of sp³-hybridized carbons (Fsp3) is 0.269. The van der Waals surface area contributed by atoms with E-state index >= 15 is 0 Å². The van der Waals surface area contributed by atoms with E-state index in [1.807, 2.05) is 48.5 Å². The minimum atomic E-state index is -0.0834. The summed E-state index contributed by atoms with van der Waals surface area (Å²) >= 11 is 1.62. The van der Waals surface area contributed by atoms with Gasteiger partial charge in [0, 0.05) is 10.4 Å². The van der Waals surface area contributed by atoms with Crippen molar-refractivity contribution in [1.29, 1.82) is 0 Å². The van der Waals surface area contributed by atoms with Crippen LogP contribution in [0.5, 0.6) is 11.5 Å². The molecule has 0 bridgehead atoms. The molecule has 0 unspecified atom stereocenters. The molecule has 1 amide bonds. The van der Waals surface area contributed by atoms with Gasteiger partial charge in [0.2, 0.25) is 11.7 Å². The molecular weight excluding hydrogens is 450 g/mol. The molecule has 4 aromatic rings. The third kappa shape index (κ3) is 4.54. The summed E-state index contributed by atoms with van der Waals surface area (Å²) in [5, 5.41) is 8.09. The van der Waals surface area contributed by atoms with Crippen LogP contribution in [0, 0.1) is 0 Å². The lowest BCUT2D eigenvalue weighted by Crippen LogP contribution is -2.14. The number of methoxy groups -OCH3 is 2. The van der Waals surface area contributed by atoms with E-state index < -0.39 is 0 Å². The highest BCUT2D eigenvalue weighted by atomic mass is 32.1. The molecule has 0 radical (unpaired) electrons. The van der Waals surface area contributed by atoms with Crippen LogP contribution in [0.4, 0.5) is 5.00 Å². The second kappa shape index (κ2) is 9.69. The van der Waals surface area contributed by atoms with Crippen LogP contribution in [-0.4, -0.2) is 30.3 Å². The fourth-order valence-corrected chi connectivity index (χ4v) is 5.46. The van der Waals surface area contributed by atoms with Gasteiger partial charge < -0.3 is 19.3 Å². The van der Waals surface area contributed by atoms with Gasteiger partial charge in [-0.05, 0) is 73.2 Å². The number of anilines is 1. The molecule has 34 heavy (non-hydrogen) atoms. The van der Waals surface area contributed by atoms with Gasteiger partial charge >= 0.3 is 0 Å². The summed E-state index contributed by atoms with van der Waals surface area (Å²) in [4.78, 5) is 18.9. The number of fused-ring (bicyclic) bond motifs is 1. The average molecular weight is 476 g/mol. The van der Waals surface area contributed by atoms with E-state index in [0.29, 0.717) is 11.7 Å². The Kier molecular flexibility index (Phi) is 6.31. The molecule has 1 aliphatic rings. The van der Waals surface area contributed by atoms with Gasteiger partial charge in [-0.2, -0.15) is 4.98 Å². The van der Waals surface area contributed by atoms with E-state index in [9.17, 15) is 4.79 Å². The summed E-state index contributed by atoms with van der Waals surface area (Å²) in [5.74, 6) is 2.39. The van der Waals surface area contributed by atoms with Gasteiger partial charge in [0.25, 0.3) is 5.89 Å². The second-order valence-electron chi connectivity index (χ2n) is 8.14. The molecule has 174 valence electrons. The first-order valence-corrected chi connectivity index (χ1v) is 12.0. The molecule has 0 saturated carbocycles. The first-order chi connectivity index (χ1) is 16.6. The Morgan fingerprint density at radius 2 is 1.68 bits per heavy atom. The lowest BCUT2D eigenvalue weighted by molar-refractivity contribution is -0.115. The smallest absolute Gasteiger partial charge is 0.261 e. The van der Waals surface area contributed by atoms with Crippen molar-refractivity contribution in [3.8, 4) is 34.3 Å². The molecule has 2 aromatic heterocycles. The molecular formula is C26H25N3O4S. The molecule has 8 heteroatoms. The van der Waals surface area contributed by atoms with E-state index in [4.69, 9.17) is 14.0 Å². The van der Waals surface area contributed by atoms with E-state index in [2.05, 4.69) is 15.5 Å². The Bertz CT molecular complexity index is 1290. The predicted molar refractivity (Wildman–Crippen MR) is 132 cm³/mol. The zero-order chi connectivity index (χ0) is 23.5. The Labute approximate surface area is 201 Å². The maximum absolute atomic E-state index is 12.9. The van der Waals surface area contributed by atoms with Crippen LogP contribution in [0.15, 0.2) is 53.1 Å². The molecule has 1 N–H and O–H groups in total. The maximum Gasteiger partial charge on any atom is 0.261 e. The molecule has 0 saturated heterocycles. The third-order valence-corrected chi connectivity index (χ3v) is 7.14. The molecule has 5 rings (SSSR count). The van der Waals surface area contributed by atoms with Gasteiger partial charge in [-0.15, -0.1) is 11.3 Å². The number of hydrogen-bond donors (Lipinski definition) is 1. The summed E-state index contributed by atoms with van der Waals surface area (Å²) in [5.41, 5.74) is 3.82. The van der Waals surface area contributed by atoms with Gasteiger partial charge in [0.15, 0.2) is 0 Å². The lowest BCUT2D eigenvalue weighted by Gasteiger charge is -2.11. The third-order valence-electron chi connectivity index (χ3n) is 5.94. The maximum atomic E-state index is 12.9. The first-order valence-electron chi connectivity index (χ1n) is 11.2. The van der Waals surface area contributed by atoms with Crippen LogP contribution >= 0.6 is 11.3 Å². The normalized spacial score (nSPS) is 12.8. The molecule has 2 aromatic carbocycles. The highest BCUT2D eigenvalue weighted by Gasteiger charge is 2.27. The van der Waals surface area contributed by atoms with Crippen LogP contribution in [0.25, 0.3) is 22.8 Å². The van der Waals surface area contributed by atoms with Crippen molar-refractivity contribution >= 4 is 22.2 Å². The summed E-state index contributed by atoms with van der Waals surface area (Å²) in [7, 11) is 3.25. The van der Waals surface area contributed by atoms with Crippen LogP contribution < -0.4 is 14.8 Å². The zero-order valence-electron chi connectivity index (χ0n) is 19.1. The Morgan fingerprint density at radius 1 is 1.00 bits per heavy atom. The van der Waals surface area contributed by atoms with Crippen molar-refractivity contribution in [3.05, 3.63) is 64.5 Å². The topological polar surface area (TPSA) is 86.5 Å². The highest BCUT2D eigenvalue weighted by molar-refractivity contribution is 7.17. The van der Waals surface area contributed by atoms with Gasteiger partial charge in [-0.3, -0.25) is 4.79 Å². The van der Waals surface area contributed by atoms with E-state index in [0.717, 1.165) is 58.9 Å². The van der Waals surface area contributed by atoms with E-state index in [-0.39, 0.29) is 12.3 Å². The number of carbonyl (C=O) groups excluding carboxylic acids is 1. The Balaban J connectivity index is 1.42. The largest absolute Gasteiger partial charge is 0.497 e. The Hall–Kier alpha value is -3.65. The summed E-state index contributed by atoms with van der Waals surface area (Å²) in [6.45, 7) is 0. The molecule has 7 nitrogen and oxygen atoms in total. The first kappa shape index (κ1) is 22.2. The Morgan fingerprint density at radius 3 is 2.38 bits per heavy atom. The quantitative estimate of drug-likeness (QED) is 0.378. The average Bonchev–Trinajstić information content (AvgIpc) is 3.49. The van der Waals surface area contributed by atoms with Gasteiger partial charge in [0.05, 0.1) is 26.2 Å². The van der Waals surface area contributed by atoms with Crippen molar-refractivity contribution in [3.63, 3.8) is 0 Å². The molecule has 1 aliphatic carbocycles. The van der Waals surface area contributed by atoms with Crippen molar-refractivity contribution in [1.82, 2.24) is 10.1 Å². The monoisotopic (exact) mass is 475 g/mol. The molecule has 0 spiro atoms. The number of aryl methyl sites for hydroxylation is 1. The van der Waals surface area contributed by atoms with Gasteiger partial charge in [-0.25, -0.2) is 0 Å². The number of nitrogens with zero attached hydrogens (tertiary/aromatic N) is 2. The number of rotatable bonds is 7. The highest BCUT2D eigenvalue weighted by Crippen LogP contribution is 2.44. The lowest BCUT2D eigenvalue weighted by atomic mass is 9.95. The number of thiophene rings is 1. The van der Waals surface area contributed by atoms with Crippen LogP contribution in [-0.2, 0) is 24.1 Å². The van der Waals surface area contributed by atoms with Crippen molar-refractivity contribution in [2.24, 2.45) is 0 Å². The minimum Gasteiger partial charge on any atom is -0.497 e. The number of benzene rings is 2. The van der Waals surface area contributed by atoms with Crippen molar-refractivity contribution in [2.45, 2.75) is 32.1 Å². The number of nitrogens with one attached hydrogen (secondary N) is 1. The molecule has 0 fully saturated rings. The molecule has 2 heterocycles. The molecule has 0 aliphatic heterocycles. The fourth-order valence-electron chi connectivity index (χ4n) is 4.16. The summed E-state index contributed by atoms with van der Waals surface area (Å²) < 4.78 is 16.1. The van der Waals surface area contributed by atoms with Gasteiger partial charge in [0.1, 0.15) is 16.5 Å². The predicted octanol–water partition coefficient (Wildman–Crippen LogP) is 5.54. The van der Waals surface area contributed by atoms with Crippen molar-refractivity contribution < 1.29 is 18.8 Å². The van der Waals surface area contributed by atoms with Gasteiger partial charge in [-0.1, -0.05) is 17.3 Å². The SMILES string of the molecule is COc1ccc(CC(=O)Nc2sc3c(c2-c2nc(-c4ccc(OC)cc4)no2)CCCC3)cc1. The van der Waals surface area contributed by atoms with Crippen LogP contribution in [0.2, 0.25) is 0 Å². The zero-order valence-corrected chi connectivity index (χ0v) is 19.9. The van der Waals surface area contributed by atoms with Crippen LogP contribution in [0.3, 0.4) is 0 Å². The second-order valence-corrected chi connectivity index (χ2v) is 9.24. The number of amides is 1. The number of ether oxygens (including phenoxy) is 2. The van der Waals surface area contributed by atoms with E-state index in [1.165, 1.54) is 10.4 Å². The number of aromatic nitrogens is 2. The summed E-state index contributed by atoms with van der Waals surface area (Å²) in [6.07, 6.45) is 4.46. The number of hydrogen-bond acceptors (Lipinski definition) is 7. The van der Waals surface area contributed by atoms with Crippen LogP contribution in [0.1, 0.15) is 28.8 Å². The minimum absolute atomic E-state index is 0.0834. The standard InChI is InChI=1S/C26H25N3O4S/c1-31-18-11-7-16(8-12-18)15-22(30)27-26-23(20-5-3-4-6-21(20)34-26)25-28-24(29-33-25)17-9-13-19(32-2)14-10-17/h7-14H,3-6,15H2,1-2H3,(H,27,30). The van der Waals surface area contributed by atoms with E-state index in [1.54, 1.807) is 25.6 Å². The van der Waals surface area contributed by atoms with Crippen molar-refractivity contribution in [2.75, 3.05) is 19.5 Å². The number of carbonyl (C=O) groups is 1. The summed E-state index contributed by atoms with van der Waals surface area (Å²) in [6, 6.07) is 15.0.